The third-order valence-corrected chi connectivity index (χ3v) is 5.15. The van der Waals surface area contributed by atoms with Crippen LogP contribution in [0, 0.1) is 0 Å². The molecule has 25 heavy (non-hydrogen) atoms. The number of rotatable bonds is 3. The first kappa shape index (κ1) is 17.9. The lowest BCUT2D eigenvalue weighted by molar-refractivity contribution is -0.140. The predicted molar refractivity (Wildman–Crippen MR) is 100 cm³/mol. The van der Waals surface area contributed by atoms with Crippen molar-refractivity contribution in [1.82, 2.24) is 4.90 Å². The molecular formula is C15H7Cl2NO5S2. The summed E-state index contributed by atoms with van der Waals surface area (Å²) in [7, 11) is 0. The third kappa shape index (κ3) is 3.43. The largest absolute Gasteiger partial charge is 0.480 e. The maximum absolute atomic E-state index is 12.6. The quantitative estimate of drug-likeness (QED) is 0.606. The highest BCUT2D eigenvalue weighted by molar-refractivity contribution is 8.26. The van der Waals surface area contributed by atoms with Gasteiger partial charge >= 0.3 is 5.97 Å². The van der Waals surface area contributed by atoms with Crippen LogP contribution >= 0.6 is 47.2 Å². The van der Waals surface area contributed by atoms with E-state index in [9.17, 15) is 14.4 Å². The average Bonchev–Trinajstić information content (AvgIpc) is 2.77. The number of carbonyl (C=O) groups excluding carboxylic acids is 1. The molecule has 0 spiro atoms. The summed E-state index contributed by atoms with van der Waals surface area (Å²) in [6.07, 6.45) is 2.48. The fourth-order valence-corrected chi connectivity index (χ4v) is 3.98. The van der Waals surface area contributed by atoms with Crippen LogP contribution in [-0.4, -0.2) is 32.7 Å². The van der Waals surface area contributed by atoms with Crippen LogP contribution in [0.25, 0.3) is 17.0 Å². The summed E-state index contributed by atoms with van der Waals surface area (Å²) in [4.78, 5) is 36.7. The molecule has 1 fully saturated rings. The minimum absolute atomic E-state index is 0.0988. The number of benzene rings is 1. The maximum Gasteiger partial charge on any atom is 0.323 e. The molecular weight excluding hydrogens is 409 g/mol. The number of carboxylic acids is 1. The summed E-state index contributed by atoms with van der Waals surface area (Å²) in [5.41, 5.74) is -0.137. The molecule has 6 nitrogen and oxygen atoms in total. The van der Waals surface area contributed by atoms with Crippen LogP contribution < -0.4 is 5.43 Å². The van der Waals surface area contributed by atoms with E-state index >= 15 is 0 Å². The molecule has 128 valence electrons. The van der Waals surface area contributed by atoms with Crippen molar-refractivity contribution in [3.05, 3.63) is 49.1 Å². The summed E-state index contributed by atoms with van der Waals surface area (Å²) in [6.45, 7) is -0.542. The second kappa shape index (κ2) is 6.80. The Balaban J connectivity index is 2.06. The minimum atomic E-state index is -1.19. The van der Waals surface area contributed by atoms with Gasteiger partial charge in [0.25, 0.3) is 5.91 Å². The maximum atomic E-state index is 12.6. The molecule has 0 bridgehead atoms. The van der Waals surface area contributed by atoms with Gasteiger partial charge in [-0.2, -0.15) is 0 Å². The van der Waals surface area contributed by atoms with E-state index in [0.717, 1.165) is 16.7 Å². The smallest absolute Gasteiger partial charge is 0.323 e. The number of amides is 1. The summed E-state index contributed by atoms with van der Waals surface area (Å²) in [5.74, 6) is -1.77. The van der Waals surface area contributed by atoms with Gasteiger partial charge in [-0.25, -0.2) is 0 Å². The van der Waals surface area contributed by atoms with Gasteiger partial charge in [0.1, 0.15) is 17.1 Å². The fourth-order valence-electron chi connectivity index (χ4n) is 2.19. The minimum Gasteiger partial charge on any atom is -0.480 e. The molecule has 3 rings (SSSR count). The van der Waals surface area contributed by atoms with Gasteiger partial charge in [0.2, 0.25) is 0 Å². The van der Waals surface area contributed by atoms with Crippen LogP contribution in [0.5, 0.6) is 0 Å². The molecule has 0 radical (unpaired) electrons. The highest BCUT2D eigenvalue weighted by Gasteiger charge is 2.33. The van der Waals surface area contributed by atoms with E-state index in [1.165, 1.54) is 24.5 Å². The predicted octanol–water partition coefficient (Wildman–Crippen LogP) is 3.39. The van der Waals surface area contributed by atoms with Gasteiger partial charge in [-0.15, -0.1) is 0 Å². The topological polar surface area (TPSA) is 87.8 Å². The van der Waals surface area contributed by atoms with Crippen LogP contribution in [0.15, 0.2) is 32.5 Å². The highest BCUT2D eigenvalue weighted by atomic mass is 35.5. The van der Waals surface area contributed by atoms with Gasteiger partial charge in [0.05, 0.1) is 20.9 Å². The number of halogens is 2. The van der Waals surface area contributed by atoms with Gasteiger partial charge < -0.3 is 9.52 Å². The number of carbonyl (C=O) groups is 2. The molecule has 1 saturated heterocycles. The molecule has 0 aliphatic carbocycles. The van der Waals surface area contributed by atoms with Crippen LogP contribution in [0.1, 0.15) is 5.56 Å². The molecule has 0 atom stereocenters. The Morgan fingerprint density at radius 2 is 2.08 bits per heavy atom. The normalized spacial score (nSPS) is 16.2. The van der Waals surface area contributed by atoms with Crippen molar-refractivity contribution in [2.75, 3.05) is 6.54 Å². The molecule has 2 aromatic rings. The van der Waals surface area contributed by atoms with Gasteiger partial charge in [-0.3, -0.25) is 19.3 Å². The summed E-state index contributed by atoms with van der Waals surface area (Å²) >= 11 is 17.8. The van der Waals surface area contributed by atoms with Gasteiger partial charge in [-0.05, 0) is 18.2 Å². The Labute approximate surface area is 160 Å². The summed E-state index contributed by atoms with van der Waals surface area (Å²) < 4.78 is 5.48. The number of hydrogen-bond donors (Lipinski definition) is 1. The van der Waals surface area contributed by atoms with E-state index in [1.54, 1.807) is 0 Å². The van der Waals surface area contributed by atoms with Crippen molar-refractivity contribution >= 4 is 80.4 Å². The Bertz CT molecular complexity index is 1030. The van der Waals surface area contributed by atoms with Crippen molar-refractivity contribution in [2.45, 2.75) is 0 Å². The first-order valence-electron chi connectivity index (χ1n) is 6.65. The second-order valence-electron chi connectivity index (χ2n) is 4.95. The van der Waals surface area contributed by atoms with Crippen LogP contribution in [0.3, 0.4) is 0 Å². The van der Waals surface area contributed by atoms with Crippen molar-refractivity contribution in [3.63, 3.8) is 0 Å². The van der Waals surface area contributed by atoms with E-state index in [0.29, 0.717) is 0 Å². The van der Waals surface area contributed by atoms with E-state index in [1.807, 2.05) is 0 Å². The third-order valence-electron chi connectivity index (χ3n) is 3.27. The van der Waals surface area contributed by atoms with Crippen molar-refractivity contribution in [1.29, 1.82) is 0 Å². The summed E-state index contributed by atoms with van der Waals surface area (Å²) in [6, 6.07) is 2.87. The molecule has 1 aliphatic heterocycles. The number of hydrogen-bond acceptors (Lipinski definition) is 6. The molecule has 0 unspecified atom stereocenters. The molecule has 1 aromatic carbocycles. The second-order valence-corrected chi connectivity index (χ2v) is 7.47. The Kier molecular flexibility index (Phi) is 4.88. The van der Waals surface area contributed by atoms with Crippen LogP contribution in [-0.2, 0) is 9.59 Å². The van der Waals surface area contributed by atoms with Crippen molar-refractivity contribution in [3.8, 4) is 0 Å². The zero-order chi connectivity index (χ0) is 18.3. The highest BCUT2D eigenvalue weighted by Crippen LogP contribution is 2.32. The Morgan fingerprint density at radius 1 is 1.36 bits per heavy atom. The first-order valence-corrected chi connectivity index (χ1v) is 8.63. The van der Waals surface area contributed by atoms with Gasteiger partial charge in [0.15, 0.2) is 11.0 Å². The van der Waals surface area contributed by atoms with E-state index in [2.05, 4.69) is 0 Å². The standard InChI is InChI=1S/C15H7Cl2NO5S2/c16-7-2-8-12(21)6(5-23-13(8)9(17)3-7)1-10-14(22)18(4-11(19)20)15(24)25-10/h1-3,5H,4H2,(H,19,20). The number of aliphatic carboxylic acids is 1. The van der Waals surface area contributed by atoms with Crippen molar-refractivity contribution in [2.24, 2.45) is 0 Å². The van der Waals surface area contributed by atoms with Gasteiger partial charge in [0, 0.05) is 5.02 Å². The van der Waals surface area contributed by atoms with E-state index in [4.69, 9.17) is 44.9 Å². The van der Waals surface area contributed by atoms with Crippen LogP contribution in [0.4, 0.5) is 0 Å². The van der Waals surface area contributed by atoms with E-state index in [-0.39, 0.29) is 35.8 Å². The molecule has 1 amide bonds. The van der Waals surface area contributed by atoms with Crippen LogP contribution in [0.2, 0.25) is 10.0 Å². The lowest BCUT2D eigenvalue weighted by Crippen LogP contribution is -2.33. The molecule has 1 aliphatic rings. The lowest BCUT2D eigenvalue weighted by atomic mass is 10.1. The monoisotopic (exact) mass is 415 g/mol. The SMILES string of the molecule is O=C(O)CN1C(=O)C(=Cc2coc3c(Cl)cc(Cl)cc3c2=O)SC1=S. The number of thiocarbonyl (C=S) groups is 1. The number of nitrogens with zero attached hydrogens (tertiary/aromatic N) is 1. The number of fused-ring (bicyclic) bond motifs is 1. The first-order chi connectivity index (χ1) is 11.8. The lowest BCUT2D eigenvalue weighted by Gasteiger charge is -2.10. The van der Waals surface area contributed by atoms with E-state index < -0.39 is 23.9 Å². The average molecular weight is 416 g/mol. The summed E-state index contributed by atoms with van der Waals surface area (Å²) in [5, 5.41) is 9.47. The Morgan fingerprint density at radius 3 is 2.76 bits per heavy atom. The zero-order valence-corrected chi connectivity index (χ0v) is 15.3. The van der Waals surface area contributed by atoms with Gasteiger partial charge in [-0.1, -0.05) is 47.2 Å². The molecule has 10 heteroatoms. The number of thioether (sulfide) groups is 1. The molecule has 1 aromatic heterocycles. The Hall–Kier alpha value is -1.87. The molecule has 2 heterocycles. The molecule has 1 N–H and O–H groups in total. The molecule has 0 saturated carbocycles. The fraction of sp³-hybridized carbons (Fsp3) is 0.0667. The zero-order valence-electron chi connectivity index (χ0n) is 12.1. The number of carboxylic acid groups (broad SMARTS) is 1. The van der Waals surface area contributed by atoms with Crippen molar-refractivity contribution < 1.29 is 19.1 Å².